The summed E-state index contributed by atoms with van der Waals surface area (Å²) in [6, 6.07) is 6.71. The highest BCUT2D eigenvalue weighted by molar-refractivity contribution is 9.10. The van der Waals surface area contributed by atoms with E-state index in [4.69, 9.17) is 4.74 Å². The van der Waals surface area contributed by atoms with Crippen LogP contribution in [0.5, 0.6) is 5.75 Å². The van der Waals surface area contributed by atoms with Crippen LogP contribution in [0.3, 0.4) is 0 Å². The molecule has 0 bridgehead atoms. The summed E-state index contributed by atoms with van der Waals surface area (Å²) in [4.78, 5) is 2.24. The molecule has 2 nitrogen and oxygen atoms in total. The molecular formula is C11H14BrNO. The average Bonchev–Trinajstić information content (AvgIpc) is 2.17. The summed E-state index contributed by atoms with van der Waals surface area (Å²) in [6.07, 6.45) is 1.07. The van der Waals surface area contributed by atoms with Crippen molar-refractivity contribution in [3.05, 3.63) is 28.2 Å². The Bertz CT molecular complexity index is 338. The summed E-state index contributed by atoms with van der Waals surface area (Å²) in [5, 5.41) is 0. The van der Waals surface area contributed by atoms with Crippen LogP contribution in [-0.2, 0) is 0 Å². The highest BCUT2D eigenvalue weighted by atomic mass is 79.9. The van der Waals surface area contributed by atoms with Crippen molar-refractivity contribution < 1.29 is 4.74 Å². The van der Waals surface area contributed by atoms with E-state index in [2.05, 4.69) is 47.1 Å². The molecule has 2 rings (SSSR count). The first-order valence-electron chi connectivity index (χ1n) is 4.78. The topological polar surface area (TPSA) is 12.5 Å². The summed E-state index contributed by atoms with van der Waals surface area (Å²) >= 11 is 3.52. The van der Waals surface area contributed by atoms with Crippen LogP contribution in [0.15, 0.2) is 22.7 Å². The van der Waals surface area contributed by atoms with Gasteiger partial charge in [0.2, 0.25) is 0 Å². The van der Waals surface area contributed by atoms with E-state index in [-0.39, 0.29) is 0 Å². The summed E-state index contributed by atoms with van der Waals surface area (Å²) < 4.78 is 6.72. The lowest BCUT2D eigenvalue weighted by Crippen LogP contribution is -2.26. The van der Waals surface area contributed by atoms with Crippen molar-refractivity contribution in [3.8, 4) is 5.75 Å². The zero-order valence-electron chi connectivity index (χ0n) is 8.46. The summed E-state index contributed by atoms with van der Waals surface area (Å²) in [7, 11) is 4.22. The lowest BCUT2D eigenvalue weighted by atomic mass is 10.00. The number of halogens is 1. The number of rotatable bonds is 1. The van der Waals surface area contributed by atoms with E-state index >= 15 is 0 Å². The molecule has 14 heavy (non-hydrogen) atoms. The first-order chi connectivity index (χ1) is 6.70. The molecule has 0 aliphatic carbocycles. The van der Waals surface area contributed by atoms with Crippen LogP contribution >= 0.6 is 15.9 Å². The van der Waals surface area contributed by atoms with Gasteiger partial charge in [-0.1, -0.05) is 12.1 Å². The monoisotopic (exact) mass is 255 g/mol. The fourth-order valence-electron chi connectivity index (χ4n) is 1.90. The Morgan fingerprint density at radius 2 is 2.21 bits per heavy atom. The molecule has 1 heterocycles. The first-order valence-corrected chi connectivity index (χ1v) is 5.57. The van der Waals surface area contributed by atoms with Crippen LogP contribution in [0.4, 0.5) is 0 Å². The molecule has 0 aromatic heterocycles. The Hall–Kier alpha value is -0.540. The van der Waals surface area contributed by atoms with E-state index in [1.165, 1.54) is 5.56 Å². The Kier molecular flexibility index (Phi) is 2.79. The van der Waals surface area contributed by atoms with Crippen LogP contribution in [0.2, 0.25) is 0 Å². The number of hydrogen-bond donors (Lipinski definition) is 0. The van der Waals surface area contributed by atoms with E-state index < -0.39 is 0 Å². The van der Waals surface area contributed by atoms with Crippen LogP contribution in [0.25, 0.3) is 0 Å². The van der Waals surface area contributed by atoms with Crippen molar-refractivity contribution in [2.75, 3.05) is 20.7 Å². The number of ether oxygens (including phenoxy) is 1. The highest BCUT2D eigenvalue weighted by Crippen LogP contribution is 2.39. The van der Waals surface area contributed by atoms with Gasteiger partial charge in [-0.15, -0.1) is 0 Å². The van der Waals surface area contributed by atoms with Crippen LogP contribution in [-0.4, -0.2) is 25.6 Å². The molecule has 0 saturated heterocycles. The number of benzene rings is 1. The summed E-state index contributed by atoms with van der Waals surface area (Å²) in [5.74, 6) is 1.01. The molecule has 1 aromatic carbocycles. The van der Waals surface area contributed by atoms with Gasteiger partial charge in [-0.25, -0.2) is 0 Å². The van der Waals surface area contributed by atoms with Crippen molar-refractivity contribution in [1.82, 2.24) is 4.90 Å². The normalized spacial score (nSPS) is 20.4. The molecule has 1 aliphatic heterocycles. The van der Waals surface area contributed by atoms with Gasteiger partial charge in [0.15, 0.2) is 0 Å². The molecule has 0 radical (unpaired) electrons. The molecule has 1 aliphatic rings. The summed E-state index contributed by atoms with van der Waals surface area (Å²) in [6.45, 7) is 0.804. The minimum Gasteiger partial charge on any atom is -0.492 e. The molecule has 76 valence electrons. The van der Waals surface area contributed by atoms with Crippen LogP contribution in [0.1, 0.15) is 18.0 Å². The van der Waals surface area contributed by atoms with Gasteiger partial charge in [-0.05, 0) is 36.1 Å². The van der Waals surface area contributed by atoms with Gasteiger partial charge in [0, 0.05) is 18.0 Å². The smallest absolute Gasteiger partial charge is 0.138 e. The number of para-hydroxylation sites is 1. The molecule has 1 unspecified atom stereocenters. The maximum Gasteiger partial charge on any atom is 0.138 e. The van der Waals surface area contributed by atoms with Gasteiger partial charge >= 0.3 is 0 Å². The predicted molar refractivity (Wildman–Crippen MR) is 60.7 cm³/mol. The van der Waals surface area contributed by atoms with Gasteiger partial charge in [0.05, 0.1) is 11.1 Å². The largest absolute Gasteiger partial charge is 0.492 e. The zero-order chi connectivity index (χ0) is 10.1. The van der Waals surface area contributed by atoms with Gasteiger partial charge < -0.3 is 9.64 Å². The second-order valence-corrected chi connectivity index (χ2v) is 4.63. The van der Waals surface area contributed by atoms with Gasteiger partial charge in [-0.2, -0.15) is 0 Å². The number of nitrogens with zero attached hydrogens (tertiary/aromatic N) is 1. The standard InChI is InChI=1S/C11H14BrNO/c1-13(2)10-6-7-14-11-8(10)4-3-5-9(11)12/h3-5,10H,6-7H2,1-2H3. The van der Waals surface area contributed by atoms with Crippen molar-refractivity contribution in [3.63, 3.8) is 0 Å². The minimum atomic E-state index is 0.483. The highest BCUT2D eigenvalue weighted by Gasteiger charge is 2.24. The summed E-state index contributed by atoms with van der Waals surface area (Å²) in [5.41, 5.74) is 1.29. The second kappa shape index (κ2) is 3.91. The quantitative estimate of drug-likeness (QED) is 0.766. The fourth-order valence-corrected chi connectivity index (χ4v) is 2.40. The maximum atomic E-state index is 5.66. The lowest BCUT2D eigenvalue weighted by molar-refractivity contribution is 0.189. The van der Waals surface area contributed by atoms with E-state index in [9.17, 15) is 0 Å². The fraction of sp³-hybridized carbons (Fsp3) is 0.455. The minimum absolute atomic E-state index is 0.483. The van der Waals surface area contributed by atoms with E-state index in [1.807, 2.05) is 6.07 Å². The number of fused-ring (bicyclic) bond motifs is 1. The van der Waals surface area contributed by atoms with E-state index in [0.717, 1.165) is 23.2 Å². The van der Waals surface area contributed by atoms with E-state index in [0.29, 0.717) is 6.04 Å². The lowest BCUT2D eigenvalue weighted by Gasteiger charge is -2.31. The molecule has 1 atom stereocenters. The van der Waals surface area contributed by atoms with Gasteiger partial charge in [0.25, 0.3) is 0 Å². The molecular weight excluding hydrogens is 242 g/mol. The predicted octanol–water partition coefficient (Wildman–Crippen LogP) is 2.83. The maximum absolute atomic E-state index is 5.66. The van der Waals surface area contributed by atoms with Crippen LogP contribution < -0.4 is 4.74 Å². The third-order valence-corrected chi connectivity index (χ3v) is 3.24. The van der Waals surface area contributed by atoms with Crippen LogP contribution in [0, 0.1) is 0 Å². The van der Waals surface area contributed by atoms with Crippen molar-refractivity contribution in [1.29, 1.82) is 0 Å². The Morgan fingerprint density at radius 1 is 1.43 bits per heavy atom. The third-order valence-electron chi connectivity index (χ3n) is 2.62. The third kappa shape index (κ3) is 1.66. The average molecular weight is 256 g/mol. The molecule has 0 fully saturated rings. The molecule has 0 amide bonds. The van der Waals surface area contributed by atoms with Gasteiger partial charge in [0.1, 0.15) is 5.75 Å². The van der Waals surface area contributed by atoms with Gasteiger partial charge in [-0.3, -0.25) is 0 Å². The Labute approximate surface area is 93.0 Å². The van der Waals surface area contributed by atoms with Crippen molar-refractivity contribution >= 4 is 15.9 Å². The van der Waals surface area contributed by atoms with E-state index in [1.54, 1.807) is 0 Å². The molecule has 0 spiro atoms. The molecule has 3 heteroatoms. The zero-order valence-corrected chi connectivity index (χ0v) is 10.0. The second-order valence-electron chi connectivity index (χ2n) is 3.77. The first kappa shape index (κ1) is 9.99. The van der Waals surface area contributed by atoms with Crippen molar-refractivity contribution in [2.24, 2.45) is 0 Å². The molecule has 0 N–H and O–H groups in total. The Balaban J connectivity index is 2.44. The molecule has 1 aromatic rings. The Morgan fingerprint density at radius 3 is 2.93 bits per heavy atom. The van der Waals surface area contributed by atoms with Crippen molar-refractivity contribution in [2.45, 2.75) is 12.5 Å². The SMILES string of the molecule is CN(C)C1CCOc2c(Br)cccc21. The number of hydrogen-bond acceptors (Lipinski definition) is 2. The molecule has 0 saturated carbocycles.